The molecule has 0 radical (unpaired) electrons. The van der Waals surface area contributed by atoms with Crippen LogP contribution in [-0.2, 0) is 6.42 Å². The molecule has 0 aliphatic heterocycles. The molecule has 1 aromatic heterocycles. The minimum absolute atomic E-state index is 0.0986. The Balaban J connectivity index is 1.86. The summed E-state index contributed by atoms with van der Waals surface area (Å²) in [5, 5.41) is 6.99. The number of hydrogen-bond donors (Lipinski definition) is 1. The van der Waals surface area contributed by atoms with Crippen LogP contribution in [0.2, 0.25) is 0 Å². The lowest BCUT2D eigenvalue weighted by Crippen LogP contribution is -2.16. The number of nitrogens with one attached hydrogen (secondary N) is 1. The van der Waals surface area contributed by atoms with E-state index < -0.39 is 0 Å². The molecule has 0 saturated carbocycles. The standard InChI is InChI=1S/C21H22N2O2/c1-14(2)20-19(15(3)23-25-20)21(24)22-18-12-8-7-11-17(18)13-16-9-5-4-6-10-16/h4-12,14H,13H2,1-3H3,(H,22,24). The predicted molar refractivity (Wildman–Crippen MR) is 99.0 cm³/mol. The normalized spacial score (nSPS) is 10.9. The van der Waals surface area contributed by atoms with E-state index in [4.69, 9.17) is 4.52 Å². The van der Waals surface area contributed by atoms with Crippen molar-refractivity contribution in [1.29, 1.82) is 0 Å². The first-order chi connectivity index (χ1) is 12.1. The molecule has 1 heterocycles. The molecule has 4 heteroatoms. The minimum atomic E-state index is -0.178. The molecule has 0 unspecified atom stereocenters. The quantitative estimate of drug-likeness (QED) is 0.718. The highest BCUT2D eigenvalue weighted by molar-refractivity contribution is 6.06. The summed E-state index contributed by atoms with van der Waals surface area (Å²) < 4.78 is 5.33. The van der Waals surface area contributed by atoms with E-state index in [-0.39, 0.29) is 11.8 Å². The van der Waals surface area contributed by atoms with Gasteiger partial charge in [-0.1, -0.05) is 67.5 Å². The van der Waals surface area contributed by atoms with Crippen molar-refractivity contribution in [1.82, 2.24) is 5.16 Å². The average molecular weight is 334 g/mol. The third kappa shape index (κ3) is 3.79. The molecule has 0 spiro atoms. The van der Waals surface area contributed by atoms with E-state index >= 15 is 0 Å². The van der Waals surface area contributed by atoms with Gasteiger partial charge in [-0.3, -0.25) is 4.79 Å². The number of rotatable bonds is 5. The Morgan fingerprint density at radius 1 is 1.08 bits per heavy atom. The fourth-order valence-corrected chi connectivity index (χ4v) is 2.85. The number of para-hydroxylation sites is 1. The van der Waals surface area contributed by atoms with Crippen molar-refractivity contribution in [3.05, 3.63) is 82.7 Å². The Kier molecular flexibility index (Phi) is 4.98. The Labute approximate surface area is 147 Å². The number of carbonyl (C=O) groups is 1. The summed E-state index contributed by atoms with van der Waals surface area (Å²) in [6, 6.07) is 18.1. The van der Waals surface area contributed by atoms with Gasteiger partial charge < -0.3 is 9.84 Å². The number of anilines is 1. The van der Waals surface area contributed by atoms with Crippen LogP contribution in [0, 0.1) is 6.92 Å². The first-order valence-electron chi connectivity index (χ1n) is 8.45. The molecule has 2 aromatic carbocycles. The Bertz CT molecular complexity index is 867. The molecular weight excluding hydrogens is 312 g/mol. The molecule has 25 heavy (non-hydrogen) atoms. The van der Waals surface area contributed by atoms with Crippen molar-refractivity contribution >= 4 is 11.6 Å². The second-order valence-electron chi connectivity index (χ2n) is 6.44. The van der Waals surface area contributed by atoms with E-state index in [9.17, 15) is 4.79 Å². The van der Waals surface area contributed by atoms with E-state index in [0.717, 1.165) is 17.7 Å². The number of aromatic nitrogens is 1. The van der Waals surface area contributed by atoms with Gasteiger partial charge in [-0.05, 0) is 30.5 Å². The number of carbonyl (C=O) groups excluding carboxylic acids is 1. The number of nitrogens with zero attached hydrogens (tertiary/aromatic N) is 1. The highest BCUT2D eigenvalue weighted by Gasteiger charge is 2.23. The average Bonchev–Trinajstić information content (AvgIpc) is 2.99. The lowest BCUT2D eigenvalue weighted by atomic mass is 10.0. The third-order valence-corrected chi connectivity index (χ3v) is 4.14. The number of amides is 1. The lowest BCUT2D eigenvalue weighted by molar-refractivity contribution is 0.102. The van der Waals surface area contributed by atoms with Crippen LogP contribution in [0.5, 0.6) is 0 Å². The summed E-state index contributed by atoms with van der Waals surface area (Å²) in [6.45, 7) is 5.76. The summed E-state index contributed by atoms with van der Waals surface area (Å²) in [5.41, 5.74) is 4.23. The summed E-state index contributed by atoms with van der Waals surface area (Å²) >= 11 is 0. The molecule has 128 valence electrons. The second-order valence-corrected chi connectivity index (χ2v) is 6.44. The van der Waals surface area contributed by atoms with E-state index in [0.29, 0.717) is 17.0 Å². The van der Waals surface area contributed by atoms with Crippen molar-refractivity contribution < 1.29 is 9.32 Å². The zero-order valence-corrected chi connectivity index (χ0v) is 14.7. The molecule has 0 fully saturated rings. The fraction of sp³-hybridized carbons (Fsp3) is 0.238. The largest absolute Gasteiger partial charge is 0.360 e. The van der Waals surface area contributed by atoms with Crippen LogP contribution in [0.25, 0.3) is 0 Å². The smallest absolute Gasteiger partial charge is 0.261 e. The molecular formula is C21H22N2O2. The fourth-order valence-electron chi connectivity index (χ4n) is 2.85. The van der Waals surface area contributed by atoms with Gasteiger partial charge in [0.1, 0.15) is 5.56 Å². The van der Waals surface area contributed by atoms with Crippen LogP contribution < -0.4 is 5.32 Å². The van der Waals surface area contributed by atoms with Crippen molar-refractivity contribution in [2.75, 3.05) is 5.32 Å². The molecule has 3 aromatic rings. The molecule has 0 aliphatic rings. The summed E-state index contributed by atoms with van der Waals surface area (Å²) in [6.07, 6.45) is 0.761. The first kappa shape index (κ1) is 17.0. The number of aryl methyl sites for hydroxylation is 1. The van der Waals surface area contributed by atoms with E-state index in [1.54, 1.807) is 6.92 Å². The van der Waals surface area contributed by atoms with Gasteiger partial charge in [0.25, 0.3) is 5.91 Å². The molecule has 1 N–H and O–H groups in total. The van der Waals surface area contributed by atoms with Gasteiger partial charge in [0, 0.05) is 11.6 Å². The Hall–Kier alpha value is -2.88. The van der Waals surface area contributed by atoms with E-state index in [1.165, 1.54) is 5.56 Å². The first-order valence-corrected chi connectivity index (χ1v) is 8.45. The Morgan fingerprint density at radius 2 is 1.76 bits per heavy atom. The molecule has 0 bridgehead atoms. The van der Waals surface area contributed by atoms with Gasteiger partial charge in [-0.2, -0.15) is 0 Å². The highest BCUT2D eigenvalue weighted by atomic mass is 16.5. The SMILES string of the molecule is Cc1noc(C(C)C)c1C(=O)Nc1ccccc1Cc1ccccc1. The van der Waals surface area contributed by atoms with Crippen molar-refractivity contribution in [3.63, 3.8) is 0 Å². The van der Waals surface area contributed by atoms with Gasteiger partial charge in [-0.25, -0.2) is 0 Å². The van der Waals surface area contributed by atoms with Gasteiger partial charge in [-0.15, -0.1) is 0 Å². The monoisotopic (exact) mass is 334 g/mol. The van der Waals surface area contributed by atoms with Crippen LogP contribution in [0.3, 0.4) is 0 Å². The topological polar surface area (TPSA) is 55.1 Å². The van der Waals surface area contributed by atoms with Crippen molar-refractivity contribution in [3.8, 4) is 0 Å². The molecule has 4 nitrogen and oxygen atoms in total. The zero-order valence-electron chi connectivity index (χ0n) is 14.7. The van der Waals surface area contributed by atoms with Gasteiger partial charge in [0.05, 0.1) is 5.69 Å². The van der Waals surface area contributed by atoms with Gasteiger partial charge >= 0.3 is 0 Å². The highest BCUT2D eigenvalue weighted by Crippen LogP contribution is 2.25. The summed E-state index contributed by atoms with van der Waals surface area (Å²) in [4.78, 5) is 12.8. The van der Waals surface area contributed by atoms with Crippen LogP contribution in [0.15, 0.2) is 59.1 Å². The molecule has 0 saturated heterocycles. The van der Waals surface area contributed by atoms with Crippen LogP contribution in [-0.4, -0.2) is 11.1 Å². The van der Waals surface area contributed by atoms with Crippen molar-refractivity contribution in [2.24, 2.45) is 0 Å². The van der Waals surface area contributed by atoms with Crippen LogP contribution >= 0.6 is 0 Å². The van der Waals surface area contributed by atoms with Gasteiger partial charge in [0.15, 0.2) is 5.76 Å². The lowest BCUT2D eigenvalue weighted by Gasteiger charge is -2.12. The van der Waals surface area contributed by atoms with Gasteiger partial charge in [0.2, 0.25) is 0 Å². The minimum Gasteiger partial charge on any atom is -0.360 e. The van der Waals surface area contributed by atoms with Crippen molar-refractivity contribution in [2.45, 2.75) is 33.1 Å². The number of benzene rings is 2. The molecule has 0 aliphatic carbocycles. The second kappa shape index (κ2) is 7.34. The number of hydrogen-bond acceptors (Lipinski definition) is 3. The maximum absolute atomic E-state index is 12.8. The molecule has 3 rings (SSSR count). The van der Waals surface area contributed by atoms with Crippen LogP contribution in [0.1, 0.15) is 52.7 Å². The zero-order chi connectivity index (χ0) is 17.8. The Morgan fingerprint density at radius 3 is 2.48 bits per heavy atom. The molecule has 0 atom stereocenters. The predicted octanol–water partition coefficient (Wildman–Crippen LogP) is 4.95. The van der Waals surface area contributed by atoms with Crippen LogP contribution in [0.4, 0.5) is 5.69 Å². The maximum Gasteiger partial charge on any atom is 0.261 e. The third-order valence-electron chi connectivity index (χ3n) is 4.14. The van der Waals surface area contributed by atoms with E-state index in [2.05, 4.69) is 22.6 Å². The summed E-state index contributed by atoms with van der Waals surface area (Å²) in [7, 11) is 0. The molecule has 1 amide bonds. The maximum atomic E-state index is 12.8. The summed E-state index contributed by atoms with van der Waals surface area (Å²) in [5.74, 6) is 0.542. The van der Waals surface area contributed by atoms with E-state index in [1.807, 2.05) is 56.3 Å².